The molecule has 0 aromatic carbocycles. The van der Waals surface area contributed by atoms with Crippen molar-refractivity contribution < 1.29 is 19.8 Å². The van der Waals surface area contributed by atoms with Crippen LogP contribution in [0.4, 0.5) is 0 Å². The smallest absolute Gasteiger partial charge is 0.306 e. The summed E-state index contributed by atoms with van der Waals surface area (Å²) in [4.78, 5) is 19.0. The van der Waals surface area contributed by atoms with E-state index in [1.165, 1.54) is 0 Å². The zero-order valence-corrected chi connectivity index (χ0v) is 8.90. The highest BCUT2D eigenvalue weighted by Gasteiger charge is 2.14. The molecule has 0 amide bonds. The third-order valence-corrected chi connectivity index (χ3v) is 1.89. The summed E-state index contributed by atoms with van der Waals surface area (Å²) in [6, 6.07) is 0. The average Bonchev–Trinajstić information content (AvgIpc) is 2.13. The van der Waals surface area contributed by atoms with Crippen molar-refractivity contribution in [2.24, 2.45) is 5.92 Å². The lowest BCUT2D eigenvalue weighted by atomic mass is 9.97. The highest BCUT2D eigenvalue weighted by molar-refractivity contribution is 5.69. The van der Waals surface area contributed by atoms with Gasteiger partial charge in [-0.05, 0) is 12.8 Å². The van der Waals surface area contributed by atoms with Gasteiger partial charge in [-0.15, -0.1) is 0 Å². The molecule has 0 heterocycles. The van der Waals surface area contributed by atoms with Crippen LogP contribution in [0.5, 0.6) is 0 Å². The molecule has 0 aliphatic rings. The van der Waals surface area contributed by atoms with E-state index < -0.39 is 5.97 Å². The van der Waals surface area contributed by atoms with Gasteiger partial charge in [0.2, 0.25) is 0 Å². The zero-order valence-electron chi connectivity index (χ0n) is 8.90. The number of aliphatic carboxylic acids is 1. The Hall–Kier alpha value is -1.06. The first-order chi connectivity index (χ1) is 6.63. The van der Waals surface area contributed by atoms with Crippen LogP contribution in [0.2, 0.25) is 0 Å². The van der Waals surface area contributed by atoms with Crippen molar-refractivity contribution in [2.75, 3.05) is 0 Å². The molecule has 0 saturated heterocycles. The zero-order chi connectivity index (χ0) is 11.4. The first-order valence-corrected chi connectivity index (χ1v) is 4.94. The summed E-state index contributed by atoms with van der Waals surface area (Å²) in [6.45, 7) is 3.87. The number of hydrogen-bond acceptors (Lipinski definition) is 2. The summed E-state index contributed by atoms with van der Waals surface area (Å²) in [5.74, 6) is -0.722. The van der Waals surface area contributed by atoms with Crippen molar-refractivity contribution >= 4 is 12.4 Å². The molecule has 4 nitrogen and oxygen atoms in total. The summed E-state index contributed by atoms with van der Waals surface area (Å²) in [7, 11) is 0. The monoisotopic (exact) mass is 204 g/mol. The van der Waals surface area contributed by atoms with Crippen LogP contribution >= 0.6 is 0 Å². The Bertz CT molecular complexity index is 145. The van der Waals surface area contributed by atoms with E-state index in [9.17, 15) is 4.79 Å². The van der Waals surface area contributed by atoms with Crippen molar-refractivity contribution in [3.8, 4) is 0 Å². The molecule has 0 radical (unpaired) electrons. The first-order valence-electron chi connectivity index (χ1n) is 4.94. The molecular weight excluding hydrogens is 184 g/mol. The normalized spacial score (nSPS) is 11.0. The van der Waals surface area contributed by atoms with Gasteiger partial charge in [0.25, 0.3) is 6.47 Å². The predicted octanol–water partition coefficient (Wildman–Crippen LogP) is 2.38. The van der Waals surface area contributed by atoms with Crippen LogP contribution in [0.1, 0.15) is 46.0 Å². The van der Waals surface area contributed by atoms with E-state index in [4.69, 9.17) is 15.0 Å². The van der Waals surface area contributed by atoms with Crippen LogP contribution in [0.3, 0.4) is 0 Å². The molecule has 0 saturated carbocycles. The lowest BCUT2D eigenvalue weighted by Gasteiger charge is -2.08. The fourth-order valence-corrected chi connectivity index (χ4v) is 1.19. The summed E-state index contributed by atoms with van der Waals surface area (Å²) in [5, 5.41) is 15.6. The van der Waals surface area contributed by atoms with Gasteiger partial charge in [0, 0.05) is 0 Å². The second-order valence-electron chi connectivity index (χ2n) is 3.07. The summed E-state index contributed by atoms with van der Waals surface area (Å²) in [6.07, 6.45) is 4.78. The Morgan fingerprint density at radius 1 is 1.29 bits per heavy atom. The number of unbranched alkanes of at least 4 members (excludes halogenated alkanes) is 1. The predicted molar refractivity (Wildman–Crippen MR) is 54.3 cm³/mol. The number of hydrogen-bond donors (Lipinski definition) is 2. The summed E-state index contributed by atoms with van der Waals surface area (Å²) < 4.78 is 0. The molecule has 0 aliphatic heterocycles. The molecule has 0 fully saturated rings. The Morgan fingerprint density at radius 2 is 1.79 bits per heavy atom. The molecule has 4 heteroatoms. The van der Waals surface area contributed by atoms with Crippen molar-refractivity contribution in [1.82, 2.24) is 0 Å². The molecular formula is C10H20O4. The van der Waals surface area contributed by atoms with E-state index in [2.05, 4.69) is 6.92 Å². The van der Waals surface area contributed by atoms with Gasteiger partial charge in [-0.25, -0.2) is 0 Å². The van der Waals surface area contributed by atoms with Crippen molar-refractivity contribution in [3.63, 3.8) is 0 Å². The Balaban J connectivity index is 0. The number of carbonyl (C=O) groups is 2. The van der Waals surface area contributed by atoms with Gasteiger partial charge < -0.3 is 10.2 Å². The van der Waals surface area contributed by atoms with Crippen molar-refractivity contribution in [2.45, 2.75) is 46.0 Å². The molecule has 0 spiro atoms. The molecule has 84 valence electrons. The van der Waals surface area contributed by atoms with E-state index in [0.29, 0.717) is 0 Å². The fraction of sp³-hybridized carbons (Fsp3) is 0.800. The molecule has 0 rings (SSSR count). The van der Waals surface area contributed by atoms with Crippen LogP contribution in [0.25, 0.3) is 0 Å². The van der Waals surface area contributed by atoms with Gasteiger partial charge in [-0.3, -0.25) is 9.59 Å². The highest BCUT2D eigenvalue weighted by Crippen LogP contribution is 2.14. The summed E-state index contributed by atoms with van der Waals surface area (Å²) in [5.41, 5.74) is 0. The quantitative estimate of drug-likeness (QED) is 0.651. The minimum atomic E-state index is -0.625. The van der Waals surface area contributed by atoms with Gasteiger partial charge in [-0.2, -0.15) is 0 Å². The van der Waals surface area contributed by atoms with Crippen LogP contribution < -0.4 is 0 Å². The average molecular weight is 204 g/mol. The van der Waals surface area contributed by atoms with Crippen LogP contribution in [0.15, 0.2) is 0 Å². The standard InChI is InChI=1S/C9H18O2.CH2O2/c1-3-5-7-8(6-4-2)9(10)11;2-1-3/h8H,3-7H2,1-2H3,(H,10,11);1H,(H,2,3). The Morgan fingerprint density at radius 3 is 2.07 bits per heavy atom. The van der Waals surface area contributed by atoms with Gasteiger partial charge in [0.15, 0.2) is 0 Å². The van der Waals surface area contributed by atoms with Crippen molar-refractivity contribution in [3.05, 3.63) is 0 Å². The molecule has 0 aromatic rings. The third kappa shape index (κ3) is 10.9. The van der Waals surface area contributed by atoms with Gasteiger partial charge in [0.1, 0.15) is 0 Å². The Labute approximate surface area is 84.9 Å². The molecule has 0 bridgehead atoms. The van der Waals surface area contributed by atoms with E-state index in [1.54, 1.807) is 0 Å². The van der Waals surface area contributed by atoms with E-state index in [0.717, 1.165) is 32.1 Å². The minimum Gasteiger partial charge on any atom is -0.483 e. The number of carboxylic acids is 1. The maximum absolute atomic E-state index is 10.6. The molecule has 2 N–H and O–H groups in total. The van der Waals surface area contributed by atoms with Gasteiger partial charge in [0.05, 0.1) is 5.92 Å². The molecule has 0 aromatic heterocycles. The Kier molecular flexibility index (Phi) is 13.1. The van der Waals surface area contributed by atoms with Gasteiger partial charge >= 0.3 is 5.97 Å². The third-order valence-electron chi connectivity index (χ3n) is 1.89. The lowest BCUT2D eigenvalue weighted by Crippen LogP contribution is -2.12. The summed E-state index contributed by atoms with van der Waals surface area (Å²) >= 11 is 0. The van der Waals surface area contributed by atoms with Crippen molar-refractivity contribution in [1.29, 1.82) is 0 Å². The van der Waals surface area contributed by atoms with Crippen LogP contribution in [-0.2, 0) is 9.59 Å². The largest absolute Gasteiger partial charge is 0.483 e. The minimum absolute atomic E-state index is 0.0973. The molecule has 1 unspecified atom stereocenters. The number of rotatable bonds is 6. The number of carboxylic acid groups (broad SMARTS) is 2. The maximum atomic E-state index is 10.6. The van der Waals surface area contributed by atoms with Gasteiger partial charge in [-0.1, -0.05) is 33.1 Å². The van der Waals surface area contributed by atoms with E-state index in [1.807, 2.05) is 6.92 Å². The molecule has 0 aliphatic carbocycles. The second-order valence-corrected chi connectivity index (χ2v) is 3.07. The lowest BCUT2D eigenvalue weighted by molar-refractivity contribution is -0.142. The molecule has 1 atom stereocenters. The maximum Gasteiger partial charge on any atom is 0.306 e. The molecule has 14 heavy (non-hydrogen) atoms. The SMILES string of the molecule is CCCCC(CCC)C(=O)O.O=CO. The van der Waals surface area contributed by atoms with Crippen LogP contribution in [-0.4, -0.2) is 22.7 Å². The van der Waals surface area contributed by atoms with E-state index >= 15 is 0 Å². The highest BCUT2D eigenvalue weighted by atomic mass is 16.4. The van der Waals surface area contributed by atoms with Crippen LogP contribution in [0, 0.1) is 5.92 Å². The topological polar surface area (TPSA) is 74.6 Å². The fourth-order valence-electron chi connectivity index (χ4n) is 1.19. The first kappa shape index (κ1) is 15.4. The second kappa shape index (κ2) is 11.9. The van der Waals surface area contributed by atoms with E-state index in [-0.39, 0.29) is 12.4 Å².